The van der Waals surface area contributed by atoms with Crippen LogP contribution in [0.4, 0.5) is 4.79 Å². The number of aliphatic hydroxyl groups excluding tert-OH is 1. The highest BCUT2D eigenvalue weighted by molar-refractivity contribution is 6.00. The Hall–Kier alpha value is -6.86. The minimum Gasteiger partial charge on any atom is -0.444 e. The number of amides is 12. The van der Waals surface area contributed by atoms with Crippen LogP contribution in [0.25, 0.3) is 0 Å². The van der Waals surface area contributed by atoms with Crippen molar-refractivity contribution in [2.45, 2.75) is 254 Å². The minimum atomic E-state index is -1.69. The third-order valence-electron chi connectivity index (χ3n) is 18.8. The SMILES string of the molecule is C/C=C/C[C@@H](C)[C@@H](O)[C@H]1C(=O)N[C@@H](CC)C(=O)N2CC(OC(=O)N3CCCCC3)C[C@@H]2C(=O)N(C)[C@@H](C(C)C)C(=O)N[C@@H](C(C)C)C(=O)N(C)[C@@H](CC(C)C)C(=O)N[C@@H](C)C(=O)N[C@H](C)C(=O)N(C)[C@@H](CC(C)C)C(=O)N(C)[C@@H](CC(C)C)C(=O)N(C)[C@@H](C(C)C)C(=O)N1C. The van der Waals surface area contributed by atoms with Crippen molar-refractivity contribution in [1.82, 2.24) is 60.5 Å². The van der Waals surface area contributed by atoms with Crippen molar-refractivity contribution in [3.05, 3.63) is 12.2 Å². The van der Waals surface area contributed by atoms with Crippen LogP contribution >= 0.6 is 0 Å². The highest BCUT2D eigenvalue weighted by Crippen LogP contribution is 2.29. The maximum atomic E-state index is 15.4. The van der Waals surface area contributed by atoms with Gasteiger partial charge in [-0.25, -0.2) is 4.79 Å². The lowest BCUT2D eigenvalue weighted by Crippen LogP contribution is -2.64. The Morgan fingerprint density at radius 3 is 1.47 bits per heavy atom. The van der Waals surface area contributed by atoms with Crippen molar-refractivity contribution in [3.8, 4) is 0 Å². The van der Waals surface area contributed by atoms with Gasteiger partial charge in [0.15, 0.2) is 0 Å². The largest absolute Gasteiger partial charge is 0.444 e. The molecule has 0 saturated carbocycles. The highest BCUT2D eigenvalue weighted by Gasteiger charge is 2.50. The monoisotopic (exact) mass is 1340 g/mol. The van der Waals surface area contributed by atoms with E-state index in [1.807, 2.05) is 41.5 Å². The number of likely N-dealkylation sites (N-methyl/N-ethyl adjacent to an activating group) is 6. The maximum Gasteiger partial charge on any atom is 0.410 e. The molecule has 14 atom stereocenters. The van der Waals surface area contributed by atoms with Gasteiger partial charge >= 0.3 is 6.09 Å². The first kappa shape index (κ1) is 82.4. The number of carbonyl (C=O) groups excluding carboxylic acids is 12. The van der Waals surface area contributed by atoms with Gasteiger partial charge in [-0.2, -0.15) is 0 Å². The number of piperidine rings is 1. The number of rotatable bonds is 15. The molecule has 3 saturated heterocycles. The lowest BCUT2D eigenvalue weighted by Gasteiger charge is -2.41. The van der Waals surface area contributed by atoms with E-state index >= 15 is 28.8 Å². The molecule has 3 fully saturated rings. The number of nitrogens with one attached hydrogen (secondary N) is 4. The molecule has 0 aliphatic carbocycles. The Kier molecular flexibility index (Phi) is 32.1. The zero-order valence-electron chi connectivity index (χ0n) is 61.5. The summed E-state index contributed by atoms with van der Waals surface area (Å²) in [6, 6.07) is -14.3. The van der Waals surface area contributed by atoms with Gasteiger partial charge < -0.3 is 70.3 Å². The summed E-state index contributed by atoms with van der Waals surface area (Å²) >= 11 is 0. The summed E-state index contributed by atoms with van der Waals surface area (Å²) in [7, 11) is 8.48. The van der Waals surface area contributed by atoms with Gasteiger partial charge in [-0.15, -0.1) is 0 Å². The quantitative estimate of drug-likeness (QED) is 0.145. The highest BCUT2D eigenvalue weighted by atomic mass is 16.6. The molecule has 0 spiro atoms. The third kappa shape index (κ3) is 21.6. The Balaban J connectivity index is 2.39. The van der Waals surface area contributed by atoms with Gasteiger partial charge in [0.1, 0.15) is 72.6 Å². The van der Waals surface area contributed by atoms with Crippen LogP contribution in [0.3, 0.4) is 0 Å². The first-order chi connectivity index (χ1) is 44.2. The molecule has 0 aromatic carbocycles. The van der Waals surface area contributed by atoms with E-state index in [0.29, 0.717) is 13.1 Å². The average molecular weight is 1340 g/mol. The van der Waals surface area contributed by atoms with Gasteiger partial charge in [0.05, 0.1) is 12.6 Å². The van der Waals surface area contributed by atoms with Crippen LogP contribution in [-0.4, -0.2) is 256 Å². The van der Waals surface area contributed by atoms with Crippen molar-refractivity contribution in [3.63, 3.8) is 0 Å². The zero-order chi connectivity index (χ0) is 72.5. The average Bonchev–Trinajstić information content (AvgIpc) is 1.78. The van der Waals surface area contributed by atoms with E-state index in [0.717, 1.165) is 24.2 Å². The summed E-state index contributed by atoms with van der Waals surface area (Å²) in [4.78, 5) is 188. The topological polar surface area (TPSA) is 308 Å². The lowest BCUT2D eigenvalue weighted by atomic mass is 9.91. The first-order valence-corrected chi connectivity index (χ1v) is 34.5. The van der Waals surface area contributed by atoms with Crippen LogP contribution in [-0.2, 0) is 57.5 Å². The van der Waals surface area contributed by atoms with E-state index in [-0.39, 0.29) is 62.8 Å². The Morgan fingerprint density at radius 1 is 0.516 bits per heavy atom. The summed E-state index contributed by atoms with van der Waals surface area (Å²) in [5, 5.41) is 23.4. The van der Waals surface area contributed by atoms with Crippen molar-refractivity contribution in [2.75, 3.05) is 61.9 Å². The van der Waals surface area contributed by atoms with Crippen LogP contribution in [0, 0.1) is 41.4 Å². The second kappa shape index (κ2) is 37.0. The molecule has 3 rings (SSSR count). The van der Waals surface area contributed by atoms with Gasteiger partial charge in [0.25, 0.3) is 0 Å². The molecule has 0 bridgehead atoms. The van der Waals surface area contributed by atoms with Crippen LogP contribution in [0.5, 0.6) is 0 Å². The number of likely N-dealkylation sites (tertiary alicyclic amines) is 1. The molecule has 3 heterocycles. The fourth-order valence-corrected chi connectivity index (χ4v) is 13.1. The normalized spacial score (nSPS) is 28.4. The lowest BCUT2D eigenvalue weighted by molar-refractivity contribution is -0.157. The van der Waals surface area contributed by atoms with Crippen LogP contribution in [0.1, 0.15) is 175 Å². The van der Waals surface area contributed by atoms with E-state index in [2.05, 4.69) is 21.3 Å². The number of ether oxygens (including phenoxy) is 1. The standard InChI is InChI=1S/C69H120N12O14/c1-24-26-30-44(15)57(82)56-61(86)72-48(25-2)63(88)81-37-47(95-69(94)80-31-28-27-29-32-80)36-52(81)66(91)77(21)54(42(11)12)60(85)73-53(41(9)10)67(92)74(18)49(33-38(3)4)59(84)70-45(16)58(83)71-46(17)62(87)75(19)50(34-39(5)6)64(89)76(20)51(35-40(7)8)65(90)78(22)55(43(13)14)68(93)79(56)23/h24,26,38-57,82H,25,27-37H2,1-23H3,(H,70,84)(H,71,83)(H,72,86)(H,73,85)/b26-24+/t44-,45+,46-,47?,48+,49+,50+,51+,52-,53+,54+,55+,56+,57-/m1/s1. The molecule has 3 aliphatic rings. The molecule has 26 heteroatoms. The number of allylic oxidation sites excluding steroid dienone is 2. The molecule has 5 N–H and O–H groups in total. The number of aliphatic hydroxyl groups is 1. The van der Waals surface area contributed by atoms with Crippen LogP contribution < -0.4 is 21.3 Å². The molecule has 3 aliphatic heterocycles. The smallest absolute Gasteiger partial charge is 0.410 e. The fraction of sp³-hybridized carbons (Fsp3) is 0.797. The molecule has 0 aromatic rings. The van der Waals surface area contributed by atoms with E-state index in [1.165, 1.54) is 85.5 Å². The summed E-state index contributed by atoms with van der Waals surface area (Å²) in [6.07, 6.45) is 3.22. The zero-order valence-corrected chi connectivity index (χ0v) is 61.5. The number of carbonyl (C=O) groups is 12. The second-order valence-electron chi connectivity index (χ2n) is 29.2. The van der Waals surface area contributed by atoms with Crippen LogP contribution in [0.2, 0.25) is 0 Å². The molecule has 540 valence electrons. The van der Waals surface area contributed by atoms with Gasteiger partial charge in [-0.1, -0.05) is 109 Å². The van der Waals surface area contributed by atoms with E-state index in [1.54, 1.807) is 79.4 Å². The van der Waals surface area contributed by atoms with Gasteiger partial charge in [-0.05, 0) is 114 Å². The number of fused-ring (bicyclic) bond motifs is 1. The molecule has 1 unspecified atom stereocenters. The minimum absolute atomic E-state index is 0.0647. The number of nitrogens with zero attached hydrogens (tertiary/aromatic N) is 8. The molecule has 26 nitrogen and oxygen atoms in total. The van der Waals surface area contributed by atoms with Crippen molar-refractivity contribution < 1.29 is 67.4 Å². The summed E-state index contributed by atoms with van der Waals surface area (Å²) < 4.78 is 6.05. The molecule has 12 amide bonds. The molecule has 0 radical (unpaired) electrons. The van der Waals surface area contributed by atoms with Crippen molar-refractivity contribution in [1.29, 1.82) is 0 Å². The molecule has 95 heavy (non-hydrogen) atoms. The van der Waals surface area contributed by atoms with E-state index < -0.39 is 173 Å². The van der Waals surface area contributed by atoms with E-state index in [4.69, 9.17) is 4.74 Å². The third-order valence-corrected chi connectivity index (χ3v) is 18.8. The molecule has 0 aromatic heterocycles. The summed E-state index contributed by atoms with van der Waals surface area (Å²) in [5.74, 6) is -10.8. The van der Waals surface area contributed by atoms with E-state index in [9.17, 15) is 33.9 Å². The summed E-state index contributed by atoms with van der Waals surface area (Å²) in [6.45, 7) is 30.1. The number of hydrogen-bond acceptors (Lipinski definition) is 14. The predicted molar refractivity (Wildman–Crippen MR) is 362 cm³/mol. The molecular weight excluding hydrogens is 1220 g/mol. The Bertz CT molecular complexity index is 2700. The van der Waals surface area contributed by atoms with Gasteiger partial charge in [0, 0.05) is 61.8 Å². The van der Waals surface area contributed by atoms with Crippen molar-refractivity contribution >= 4 is 71.1 Å². The summed E-state index contributed by atoms with van der Waals surface area (Å²) in [5.41, 5.74) is 0. The Morgan fingerprint density at radius 2 is 0.979 bits per heavy atom. The molecular formula is C69H120N12O14. The second-order valence-corrected chi connectivity index (χ2v) is 29.2. The van der Waals surface area contributed by atoms with Gasteiger partial charge in [0.2, 0.25) is 65.0 Å². The van der Waals surface area contributed by atoms with Crippen LogP contribution in [0.15, 0.2) is 12.2 Å². The van der Waals surface area contributed by atoms with Gasteiger partial charge in [-0.3, -0.25) is 52.7 Å². The number of hydrogen-bond donors (Lipinski definition) is 5. The Labute approximate surface area is 566 Å². The fourth-order valence-electron chi connectivity index (χ4n) is 13.1. The van der Waals surface area contributed by atoms with Crippen molar-refractivity contribution in [2.24, 2.45) is 41.4 Å². The first-order valence-electron chi connectivity index (χ1n) is 34.5. The maximum absolute atomic E-state index is 15.4. The predicted octanol–water partition coefficient (Wildman–Crippen LogP) is 4.01.